The molecule has 0 spiro atoms. The number of thioether (sulfide) groups is 1. The van der Waals surface area contributed by atoms with Gasteiger partial charge in [-0.05, 0) is 31.7 Å². The summed E-state index contributed by atoms with van der Waals surface area (Å²) in [6, 6.07) is 8.28. The molecule has 0 saturated carbocycles. The first kappa shape index (κ1) is 20.8. The van der Waals surface area contributed by atoms with E-state index < -0.39 is 0 Å². The molecule has 1 aromatic heterocycles. The van der Waals surface area contributed by atoms with Gasteiger partial charge in [-0.15, -0.1) is 24.0 Å². The largest absolute Gasteiger partial charge is 0.355 e. The first-order chi connectivity index (χ1) is 11.1. The van der Waals surface area contributed by atoms with Crippen molar-refractivity contribution in [2.45, 2.75) is 25.1 Å². The highest BCUT2D eigenvalue weighted by Crippen LogP contribution is 2.19. The molecule has 5 nitrogen and oxygen atoms in total. The maximum Gasteiger partial charge on any atom is 0.191 e. The maximum absolute atomic E-state index is 4.30. The fourth-order valence-electron chi connectivity index (χ4n) is 2.08. The first-order valence-corrected chi connectivity index (χ1v) is 8.84. The topological polar surface area (TPSA) is 54.2 Å². The van der Waals surface area contributed by atoms with E-state index in [-0.39, 0.29) is 28.7 Å². The van der Waals surface area contributed by atoms with Crippen LogP contribution in [-0.2, 0) is 6.54 Å². The van der Waals surface area contributed by atoms with Gasteiger partial charge < -0.3 is 15.2 Å². The van der Waals surface area contributed by atoms with Crippen molar-refractivity contribution in [3.05, 3.63) is 48.5 Å². The van der Waals surface area contributed by atoms with Crippen LogP contribution >= 0.6 is 35.7 Å². The van der Waals surface area contributed by atoms with Crippen LogP contribution < -0.4 is 10.6 Å². The standard InChI is InChI=1S/C17H25N5S.HI/c1-17(2,23-4)12-21-16(18-3)20-11-14-7-5-6-8-15(14)22-10-9-19-13-22;/h5-10,13H,11-12H2,1-4H3,(H2,18,20,21);1H. The van der Waals surface area contributed by atoms with Crippen LogP contribution in [0.25, 0.3) is 5.69 Å². The van der Waals surface area contributed by atoms with E-state index in [0.717, 1.165) is 18.2 Å². The van der Waals surface area contributed by atoms with Gasteiger partial charge in [0.1, 0.15) is 0 Å². The third-order valence-electron chi connectivity index (χ3n) is 3.68. The summed E-state index contributed by atoms with van der Waals surface area (Å²) in [5.74, 6) is 0.813. The minimum Gasteiger partial charge on any atom is -0.355 e. The zero-order valence-corrected chi connectivity index (χ0v) is 17.8. The van der Waals surface area contributed by atoms with Gasteiger partial charge in [0.25, 0.3) is 0 Å². The molecule has 24 heavy (non-hydrogen) atoms. The summed E-state index contributed by atoms with van der Waals surface area (Å²) in [5, 5.41) is 6.76. The van der Waals surface area contributed by atoms with E-state index in [1.807, 2.05) is 41.0 Å². The second-order valence-corrected chi connectivity index (χ2v) is 7.36. The fourth-order valence-corrected chi connectivity index (χ4v) is 2.30. The van der Waals surface area contributed by atoms with Crippen molar-refractivity contribution >= 4 is 41.7 Å². The molecule has 0 amide bonds. The van der Waals surface area contributed by atoms with Gasteiger partial charge >= 0.3 is 0 Å². The Bertz CT molecular complexity index is 640. The van der Waals surface area contributed by atoms with Crippen LogP contribution in [0.5, 0.6) is 0 Å². The summed E-state index contributed by atoms with van der Waals surface area (Å²) in [5.41, 5.74) is 2.31. The number of hydrogen-bond acceptors (Lipinski definition) is 3. The van der Waals surface area contributed by atoms with Crippen LogP contribution in [0.15, 0.2) is 48.0 Å². The lowest BCUT2D eigenvalue weighted by Gasteiger charge is -2.24. The van der Waals surface area contributed by atoms with E-state index in [4.69, 9.17) is 0 Å². The quantitative estimate of drug-likeness (QED) is 0.396. The van der Waals surface area contributed by atoms with Crippen molar-refractivity contribution in [3.63, 3.8) is 0 Å². The van der Waals surface area contributed by atoms with E-state index in [1.165, 1.54) is 5.56 Å². The lowest BCUT2D eigenvalue weighted by molar-refractivity contribution is 0.664. The molecule has 0 bridgehead atoms. The van der Waals surface area contributed by atoms with Gasteiger partial charge in [0, 0.05) is 37.3 Å². The number of aliphatic imine (C=N–C) groups is 1. The van der Waals surface area contributed by atoms with Gasteiger partial charge in [-0.1, -0.05) is 18.2 Å². The molecule has 0 radical (unpaired) electrons. The monoisotopic (exact) mass is 459 g/mol. The lowest BCUT2D eigenvalue weighted by Crippen LogP contribution is -2.43. The van der Waals surface area contributed by atoms with Crippen LogP contribution in [0, 0.1) is 0 Å². The molecule has 0 aliphatic carbocycles. The molecule has 7 heteroatoms. The van der Waals surface area contributed by atoms with Crippen LogP contribution in [0.4, 0.5) is 0 Å². The smallest absolute Gasteiger partial charge is 0.191 e. The third-order valence-corrected chi connectivity index (χ3v) is 4.93. The molecule has 1 aromatic carbocycles. The average Bonchev–Trinajstić information content (AvgIpc) is 3.09. The average molecular weight is 459 g/mol. The zero-order valence-electron chi connectivity index (χ0n) is 14.6. The Labute approximate surface area is 165 Å². The summed E-state index contributed by atoms with van der Waals surface area (Å²) in [6.45, 7) is 5.99. The maximum atomic E-state index is 4.30. The number of hydrogen-bond donors (Lipinski definition) is 2. The Morgan fingerprint density at radius 1 is 1.29 bits per heavy atom. The molecule has 1 heterocycles. The summed E-state index contributed by atoms with van der Waals surface area (Å²) < 4.78 is 2.19. The van der Waals surface area contributed by atoms with E-state index >= 15 is 0 Å². The fraction of sp³-hybridized carbons (Fsp3) is 0.412. The molecular formula is C17H26IN5S. The SMILES string of the molecule is CN=C(NCc1ccccc1-n1ccnc1)NCC(C)(C)SC.I. The van der Waals surface area contributed by atoms with E-state index in [2.05, 4.69) is 52.8 Å². The number of imidazole rings is 1. The summed E-state index contributed by atoms with van der Waals surface area (Å²) >= 11 is 1.84. The molecule has 0 fully saturated rings. The van der Waals surface area contributed by atoms with Gasteiger partial charge in [0.15, 0.2) is 5.96 Å². The Morgan fingerprint density at radius 2 is 2.04 bits per heavy atom. The van der Waals surface area contributed by atoms with Gasteiger partial charge in [0.05, 0.1) is 12.0 Å². The van der Waals surface area contributed by atoms with Crippen molar-refractivity contribution < 1.29 is 0 Å². The Morgan fingerprint density at radius 3 is 2.67 bits per heavy atom. The van der Waals surface area contributed by atoms with Crippen LogP contribution in [0.1, 0.15) is 19.4 Å². The van der Waals surface area contributed by atoms with Crippen molar-refractivity contribution in [1.29, 1.82) is 0 Å². The molecule has 0 atom stereocenters. The molecule has 0 unspecified atom stereocenters. The molecule has 2 aromatic rings. The van der Waals surface area contributed by atoms with Gasteiger partial charge in [-0.25, -0.2) is 4.98 Å². The second-order valence-electron chi connectivity index (χ2n) is 5.84. The number of halogens is 1. The number of nitrogens with one attached hydrogen (secondary N) is 2. The highest BCUT2D eigenvalue weighted by Gasteiger charge is 2.16. The Kier molecular flexibility index (Phi) is 8.61. The number of aromatic nitrogens is 2. The van der Waals surface area contributed by atoms with E-state index in [9.17, 15) is 0 Å². The number of benzene rings is 1. The molecule has 132 valence electrons. The molecular weight excluding hydrogens is 433 g/mol. The van der Waals surface area contributed by atoms with Crippen LogP contribution in [0.2, 0.25) is 0 Å². The highest BCUT2D eigenvalue weighted by atomic mass is 127. The molecule has 0 saturated heterocycles. The highest BCUT2D eigenvalue weighted by molar-refractivity contribution is 14.0. The van der Waals surface area contributed by atoms with Gasteiger partial charge in [-0.3, -0.25) is 4.99 Å². The van der Waals surface area contributed by atoms with Crippen molar-refractivity contribution in [2.24, 2.45) is 4.99 Å². The van der Waals surface area contributed by atoms with Crippen LogP contribution in [0.3, 0.4) is 0 Å². The number of nitrogens with zero attached hydrogens (tertiary/aromatic N) is 3. The lowest BCUT2D eigenvalue weighted by atomic mass is 10.1. The number of rotatable bonds is 6. The normalized spacial score (nSPS) is 11.8. The minimum atomic E-state index is 0. The predicted molar refractivity (Wildman–Crippen MR) is 115 cm³/mol. The first-order valence-electron chi connectivity index (χ1n) is 7.61. The third kappa shape index (κ3) is 6.01. The molecule has 0 aliphatic rings. The summed E-state index contributed by atoms with van der Waals surface area (Å²) in [4.78, 5) is 8.42. The number of guanidine groups is 1. The van der Waals surface area contributed by atoms with Crippen molar-refractivity contribution in [2.75, 3.05) is 19.8 Å². The molecule has 2 rings (SSSR count). The second kappa shape index (κ2) is 9.93. The Hall–Kier alpha value is -1.22. The Balaban J connectivity index is 0.00000288. The minimum absolute atomic E-state index is 0. The van der Waals surface area contributed by atoms with Gasteiger partial charge in [-0.2, -0.15) is 11.8 Å². The van der Waals surface area contributed by atoms with E-state index in [1.54, 1.807) is 13.2 Å². The summed E-state index contributed by atoms with van der Waals surface area (Å²) in [7, 11) is 1.79. The summed E-state index contributed by atoms with van der Waals surface area (Å²) in [6.07, 6.45) is 7.67. The molecule has 2 N–H and O–H groups in total. The van der Waals surface area contributed by atoms with E-state index in [0.29, 0.717) is 6.54 Å². The molecule has 0 aliphatic heterocycles. The van der Waals surface area contributed by atoms with Gasteiger partial charge in [0.2, 0.25) is 0 Å². The number of para-hydroxylation sites is 1. The van der Waals surface area contributed by atoms with Crippen molar-refractivity contribution in [3.8, 4) is 5.69 Å². The van der Waals surface area contributed by atoms with Crippen LogP contribution in [-0.4, -0.2) is 40.1 Å². The predicted octanol–water partition coefficient (Wildman–Crippen LogP) is 3.30. The van der Waals surface area contributed by atoms with Crippen molar-refractivity contribution in [1.82, 2.24) is 20.2 Å². The zero-order chi connectivity index (χ0) is 16.7.